The molecule has 1 aromatic carbocycles. The van der Waals surface area contributed by atoms with Crippen molar-refractivity contribution in [3.8, 4) is 0 Å². The highest BCUT2D eigenvalue weighted by Gasteiger charge is 2.56. The van der Waals surface area contributed by atoms with Crippen LogP contribution >= 0.6 is 11.6 Å². The molecule has 0 unspecified atom stereocenters. The second kappa shape index (κ2) is 9.36. The van der Waals surface area contributed by atoms with Crippen LogP contribution in [0.25, 0.3) is 0 Å². The zero-order valence-corrected chi connectivity index (χ0v) is 20.8. The maximum atomic E-state index is 14.4. The van der Waals surface area contributed by atoms with Gasteiger partial charge in [0.1, 0.15) is 5.92 Å². The summed E-state index contributed by atoms with van der Waals surface area (Å²) in [6.45, 7) is 2.59. The lowest BCUT2D eigenvalue weighted by Gasteiger charge is -2.43. The molecule has 180 valence electrons. The largest absolute Gasteiger partial charge is 0.345 e. The van der Waals surface area contributed by atoms with Gasteiger partial charge in [0.2, 0.25) is 5.91 Å². The number of nitrogens with two attached hydrogens (primary N) is 1. The van der Waals surface area contributed by atoms with E-state index in [1.54, 1.807) is 0 Å². The average molecular weight is 489 g/mol. The van der Waals surface area contributed by atoms with Crippen molar-refractivity contribution in [1.29, 1.82) is 0 Å². The van der Waals surface area contributed by atoms with Crippen molar-refractivity contribution in [1.82, 2.24) is 9.88 Å². The van der Waals surface area contributed by atoms with E-state index >= 15 is 0 Å². The van der Waals surface area contributed by atoms with Crippen LogP contribution in [0.5, 0.6) is 0 Å². The van der Waals surface area contributed by atoms with Gasteiger partial charge in [-0.1, -0.05) is 36.4 Å². The molecule has 2 aromatic heterocycles. The summed E-state index contributed by atoms with van der Waals surface area (Å²) in [5.41, 5.74) is 4.90. The van der Waals surface area contributed by atoms with Crippen LogP contribution in [0.3, 0.4) is 0 Å². The summed E-state index contributed by atoms with van der Waals surface area (Å²) < 4.78 is 0. The molecule has 4 atom stereocenters. The van der Waals surface area contributed by atoms with Gasteiger partial charge in [0, 0.05) is 37.0 Å². The maximum absolute atomic E-state index is 14.4. The molecule has 1 aliphatic carbocycles. The number of aromatic amines is 1. The Morgan fingerprint density at radius 3 is 2.80 bits per heavy atom. The molecule has 1 spiro atoms. The van der Waals surface area contributed by atoms with Crippen LogP contribution in [-0.2, 0) is 16.6 Å². The Morgan fingerprint density at radius 1 is 1.11 bits per heavy atom. The molecular weight excluding hydrogens is 456 g/mol. The fourth-order valence-electron chi connectivity index (χ4n) is 7.02. The first-order chi connectivity index (χ1) is 17.2. The molecule has 2 aliphatic heterocycles. The molecule has 0 radical (unpaired) electrons. The standard InChI is InChI=1S/C29H31ClN4O/c30-27-11-10-23-25(33-27)9-4-13-29(23)19-32-18-24(29)28(35)34-15-12-21(20-6-2-1-3-7-20)16-26(34)22-8-5-14-31-17-22/h1-3,5-8,10-11,14,17,21,24,26,32H,4,9,12-13,15-16,18-19H2/p+2/t21-,24+,26+,29+/m1/s1. The summed E-state index contributed by atoms with van der Waals surface area (Å²) >= 11 is 6.30. The number of likely N-dealkylation sites (tertiary alicyclic amines) is 1. The minimum atomic E-state index is -0.123. The number of halogens is 1. The van der Waals surface area contributed by atoms with E-state index < -0.39 is 0 Å². The zero-order valence-electron chi connectivity index (χ0n) is 20.0. The molecule has 4 heterocycles. The number of quaternary nitrogens is 1. The first kappa shape index (κ1) is 22.7. The third-order valence-corrected chi connectivity index (χ3v) is 8.90. The van der Waals surface area contributed by atoms with Crippen LogP contribution in [0, 0.1) is 5.92 Å². The Morgan fingerprint density at radius 2 is 1.97 bits per heavy atom. The van der Waals surface area contributed by atoms with E-state index in [-0.39, 0.29) is 17.4 Å². The summed E-state index contributed by atoms with van der Waals surface area (Å²) in [7, 11) is 0. The summed E-state index contributed by atoms with van der Waals surface area (Å²) in [5, 5.41) is 3.02. The third kappa shape index (κ3) is 4.05. The summed E-state index contributed by atoms with van der Waals surface area (Å²) in [6, 6.07) is 19.1. The molecule has 5 nitrogen and oxygen atoms in total. The fraction of sp³-hybridized carbons (Fsp3) is 0.414. The summed E-state index contributed by atoms with van der Waals surface area (Å²) in [6.07, 6.45) is 8.83. The Balaban J connectivity index is 1.34. The number of hydrogen-bond acceptors (Lipinski definition) is 2. The van der Waals surface area contributed by atoms with Gasteiger partial charge in [-0.25, -0.2) is 0 Å². The molecule has 2 fully saturated rings. The highest BCUT2D eigenvalue weighted by atomic mass is 35.5. The summed E-state index contributed by atoms with van der Waals surface area (Å²) in [4.78, 5) is 24.4. The van der Waals surface area contributed by atoms with E-state index in [0.717, 1.165) is 57.3 Å². The number of amides is 1. The third-order valence-electron chi connectivity index (χ3n) is 8.68. The first-order valence-corrected chi connectivity index (χ1v) is 13.3. The van der Waals surface area contributed by atoms with Crippen molar-refractivity contribution in [3.63, 3.8) is 0 Å². The van der Waals surface area contributed by atoms with Gasteiger partial charge < -0.3 is 10.2 Å². The van der Waals surface area contributed by atoms with E-state index in [1.165, 1.54) is 16.8 Å². The second-order valence-corrected chi connectivity index (χ2v) is 10.9. The van der Waals surface area contributed by atoms with Crippen LogP contribution in [0.1, 0.15) is 60.0 Å². The number of fused-ring (bicyclic) bond motifs is 2. The average Bonchev–Trinajstić information content (AvgIpc) is 3.32. The van der Waals surface area contributed by atoms with Gasteiger partial charge in [-0.15, -0.1) is 0 Å². The van der Waals surface area contributed by atoms with Gasteiger partial charge in [0.25, 0.3) is 5.15 Å². The molecule has 6 heteroatoms. The van der Waals surface area contributed by atoms with Crippen molar-refractivity contribution >= 4 is 17.5 Å². The van der Waals surface area contributed by atoms with Crippen LogP contribution in [0.4, 0.5) is 0 Å². The lowest BCUT2D eigenvalue weighted by atomic mass is 9.65. The Labute approximate surface area is 211 Å². The number of H-pyrrole nitrogens is 1. The van der Waals surface area contributed by atoms with Crippen LogP contribution < -0.4 is 10.3 Å². The number of rotatable bonds is 3. The molecule has 6 rings (SSSR count). The van der Waals surface area contributed by atoms with Crippen molar-refractivity contribution in [2.24, 2.45) is 5.92 Å². The number of pyridine rings is 2. The van der Waals surface area contributed by atoms with E-state index in [4.69, 9.17) is 11.6 Å². The zero-order chi connectivity index (χ0) is 23.8. The molecule has 1 amide bonds. The molecule has 0 saturated carbocycles. The molecule has 0 bridgehead atoms. The lowest BCUT2D eigenvalue weighted by Crippen LogP contribution is -2.82. The van der Waals surface area contributed by atoms with E-state index in [2.05, 4.69) is 62.6 Å². The normalized spacial score (nSPS) is 28.1. The lowest BCUT2D eigenvalue weighted by molar-refractivity contribution is -0.640. The number of aromatic nitrogens is 2. The van der Waals surface area contributed by atoms with Crippen LogP contribution in [0.2, 0.25) is 5.15 Å². The smallest absolute Gasteiger partial charge is 0.273 e. The number of benzene rings is 1. The molecule has 35 heavy (non-hydrogen) atoms. The Bertz CT molecular complexity index is 1200. The Hall–Kier alpha value is -2.76. The number of nitrogens with zero attached hydrogens (tertiary/aromatic N) is 2. The van der Waals surface area contributed by atoms with Crippen molar-refractivity contribution in [2.75, 3.05) is 19.6 Å². The number of hydrogen-bond donors (Lipinski definition) is 1. The maximum Gasteiger partial charge on any atom is 0.273 e. The van der Waals surface area contributed by atoms with Crippen molar-refractivity contribution in [2.45, 2.75) is 49.5 Å². The van der Waals surface area contributed by atoms with Crippen molar-refractivity contribution < 1.29 is 15.1 Å². The van der Waals surface area contributed by atoms with Gasteiger partial charge in [-0.05, 0) is 66.5 Å². The fourth-order valence-corrected chi connectivity index (χ4v) is 7.20. The monoisotopic (exact) mass is 488 g/mol. The number of carbonyl (C=O) groups is 1. The predicted molar refractivity (Wildman–Crippen MR) is 135 cm³/mol. The molecule has 3 aromatic rings. The van der Waals surface area contributed by atoms with Crippen molar-refractivity contribution in [3.05, 3.63) is 94.5 Å². The number of piperidine rings is 1. The number of carbonyl (C=O) groups excluding carboxylic acids is 1. The van der Waals surface area contributed by atoms with E-state index in [9.17, 15) is 4.79 Å². The minimum Gasteiger partial charge on any atom is -0.345 e. The molecule has 3 aliphatic rings. The molecule has 2 saturated heterocycles. The quantitative estimate of drug-likeness (QED) is 0.574. The Kier molecular flexibility index (Phi) is 6.07. The highest BCUT2D eigenvalue weighted by molar-refractivity contribution is 6.28. The van der Waals surface area contributed by atoms with E-state index in [1.807, 2.05) is 24.5 Å². The highest BCUT2D eigenvalue weighted by Crippen LogP contribution is 2.46. The first-order valence-electron chi connectivity index (χ1n) is 12.9. The van der Waals surface area contributed by atoms with Gasteiger partial charge in [0.05, 0.1) is 24.5 Å². The molecular formula is C29H33ClN4O+2. The SMILES string of the molecule is O=C([C@@H]1C[NH2+]C[C@]12CCCc1[nH+]c(Cl)ccc12)N1CC[C@@H](c2ccccc2)C[C@H]1c1cccnc1. The second-order valence-electron chi connectivity index (χ2n) is 10.5. The van der Waals surface area contributed by atoms with Crippen LogP contribution in [-0.4, -0.2) is 35.4 Å². The minimum absolute atomic E-state index is 0.0245. The van der Waals surface area contributed by atoms with Crippen LogP contribution in [0.15, 0.2) is 67.0 Å². The number of aryl methyl sites for hydroxylation is 1. The van der Waals surface area contributed by atoms with Gasteiger partial charge in [0.15, 0.2) is 5.69 Å². The van der Waals surface area contributed by atoms with Gasteiger partial charge in [-0.2, -0.15) is 4.98 Å². The number of nitrogens with one attached hydrogen (secondary N) is 1. The predicted octanol–water partition coefficient (Wildman–Crippen LogP) is 3.46. The van der Waals surface area contributed by atoms with E-state index in [0.29, 0.717) is 17.0 Å². The summed E-state index contributed by atoms with van der Waals surface area (Å²) in [5.74, 6) is 0.729. The van der Waals surface area contributed by atoms with Gasteiger partial charge >= 0.3 is 0 Å². The molecule has 3 N–H and O–H groups in total. The van der Waals surface area contributed by atoms with Gasteiger partial charge in [-0.3, -0.25) is 9.78 Å². The topological polar surface area (TPSA) is 64.0 Å².